The second-order valence-electron chi connectivity index (χ2n) is 13.5. The fourth-order valence-corrected chi connectivity index (χ4v) is 7.37. The number of hydrazine groups is 1. The molecule has 246 valence electrons. The molecule has 0 bridgehead atoms. The molecule has 0 radical (unpaired) electrons. The highest BCUT2D eigenvalue weighted by Gasteiger charge is 2.33. The molecule has 12 heteroatoms. The number of rotatable bonds is 7. The first-order valence-corrected chi connectivity index (χ1v) is 16.7. The van der Waals surface area contributed by atoms with Gasteiger partial charge in [0.2, 0.25) is 5.95 Å². The predicted molar refractivity (Wildman–Crippen MR) is 180 cm³/mol. The number of benzene rings is 1. The summed E-state index contributed by atoms with van der Waals surface area (Å²) < 4.78 is 34.8. The van der Waals surface area contributed by atoms with Crippen LogP contribution >= 0.6 is 11.5 Å². The number of aryl methyl sites for hydroxylation is 2. The number of halogens is 1. The number of carbonyl (C=O) groups excluding carboxylic acids is 1. The van der Waals surface area contributed by atoms with Crippen molar-refractivity contribution in [3.05, 3.63) is 40.3 Å². The zero-order valence-corrected chi connectivity index (χ0v) is 29.1. The van der Waals surface area contributed by atoms with Gasteiger partial charge in [0.15, 0.2) is 22.4 Å². The number of hydrogen-bond donors (Lipinski definition) is 0. The third kappa shape index (κ3) is 5.92. The van der Waals surface area contributed by atoms with Gasteiger partial charge in [-0.25, -0.2) is 19.4 Å². The molecule has 1 fully saturated rings. The van der Waals surface area contributed by atoms with E-state index >= 15 is 4.39 Å². The summed E-state index contributed by atoms with van der Waals surface area (Å²) in [6.45, 7) is 15.2. The van der Waals surface area contributed by atoms with E-state index in [2.05, 4.69) is 35.1 Å². The standard InChI is InChI=1S/C34H44FN7O3S/c1-19-22-11-10-16-44-30(22)25(35)17-23(19)28-24-18-26(32-37-33(38-46-32)41-12-14-42(15-13-41)39(7)8)40(9)31(24)36-20(2)27(28)29(21(3)43)45-34(4,5)6/h17-18,29H,10-16H2,1-9H3/t29-/m1/s1. The molecule has 0 N–H and O–H groups in total. The summed E-state index contributed by atoms with van der Waals surface area (Å²) in [5.74, 6) is 0.501. The highest BCUT2D eigenvalue weighted by atomic mass is 32.1. The topological polar surface area (TPSA) is 88.9 Å². The molecule has 46 heavy (non-hydrogen) atoms. The fourth-order valence-electron chi connectivity index (χ4n) is 6.63. The average Bonchev–Trinajstić information content (AvgIpc) is 3.62. The molecule has 2 aliphatic heterocycles. The third-order valence-electron chi connectivity index (χ3n) is 8.95. The van der Waals surface area contributed by atoms with Crippen molar-refractivity contribution in [1.29, 1.82) is 0 Å². The Balaban J connectivity index is 1.54. The van der Waals surface area contributed by atoms with Crippen LogP contribution in [-0.4, -0.2) is 87.2 Å². The van der Waals surface area contributed by atoms with Crippen LogP contribution in [0, 0.1) is 19.7 Å². The van der Waals surface area contributed by atoms with Crippen molar-refractivity contribution in [3.8, 4) is 27.6 Å². The predicted octanol–water partition coefficient (Wildman–Crippen LogP) is 5.88. The highest BCUT2D eigenvalue weighted by Crippen LogP contribution is 2.46. The molecule has 3 aromatic heterocycles. The molecule has 6 rings (SSSR count). The van der Waals surface area contributed by atoms with Crippen molar-refractivity contribution in [3.63, 3.8) is 0 Å². The van der Waals surface area contributed by atoms with Crippen LogP contribution in [0.3, 0.4) is 0 Å². The first kappa shape index (κ1) is 32.5. The second-order valence-corrected chi connectivity index (χ2v) is 14.3. The summed E-state index contributed by atoms with van der Waals surface area (Å²) in [7, 11) is 6.09. The SMILES string of the molecule is CC(=O)[C@@H](OC(C)(C)C)c1c(C)nc2c(cc(-c3nc(N4CCN(N(C)C)CC4)ns3)n2C)c1-c1cc(F)c2c(c1C)CCCO2. The fraction of sp³-hybridized carbons (Fsp3) is 0.529. The molecule has 5 heterocycles. The Morgan fingerprint density at radius 3 is 2.50 bits per heavy atom. The zero-order valence-electron chi connectivity index (χ0n) is 28.3. The number of carbonyl (C=O) groups is 1. The largest absolute Gasteiger partial charge is 0.490 e. The molecular formula is C34H44FN7O3S. The Morgan fingerprint density at radius 2 is 1.85 bits per heavy atom. The first-order valence-electron chi connectivity index (χ1n) is 15.9. The Kier molecular flexibility index (Phi) is 8.68. The van der Waals surface area contributed by atoms with Gasteiger partial charge in [0.1, 0.15) is 11.8 Å². The molecule has 0 spiro atoms. The van der Waals surface area contributed by atoms with Crippen LogP contribution < -0.4 is 9.64 Å². The maximum Gasteiger partial charge on any atom is 0.237 e. The molecule has 1 aromatic carbocycles. The number of nitrogens with zero attached hydrogens (tertiary/aromatic N) is 7. The Labute approximate surface area is 274 Å². The van der Waals surface area contributed by atoms with Crippen LogP contribution in [-0.2, 0) is 23.0 Å². The minimum atomic E-state index is -0.890. The lowest BCUT2D eigenvalue weighted by Gasteiger charge is -2.37. The molecule has 0 saturated carbocycles. The molecule has 1 saturated heterocycles. The number of anilines is 1. The van der Waals surface area contributed by atoms with E-state index in [1.807, 2.05) is 46.2 Å². The van der Waals surface area contributed by atoms with E-state index in [9.17, 15) is 4.79 Å². The van der Waals surface area contributed by atoms with Gasteiger partial charge in [0.25, 0.3) is 0 Å². The van der Waals surface area contributed by atoms with Crippen LogP contribution in [0.1, 0.15) is 62.6 Å². The molecular weight excluding hydrogens is 605 g/mol. The number of fused-ring (bicyclic) bond motifs is 2. The van der Waals surface area contributed by atoms with E-state index in [1.54, 1.807) is 6.07 Å². The van der Waals surface area contributed by atoms with Crippen LogP contribution in [0.4, 0.5) is 10.3 Å². The number of ketones is 1. The van der Waals surface area contributed by atoms with E-state index in [0.29, 0.717) is 29.2 Å². The van der Waals surface area contributed by atoms with Crippen LogP contribution in [0.5, 0.6) is 5.75 Å². The van der Waals surface area contributed by atoms with Crippen molar-refractivity contribution in [2.45, 2.75) is 66.1 Å². The summed E-state index contributed by atoms with van der Waals surface area (Å²) in [4.78, 5) is 25.5. The summed E-state index contributed by atoms with van der Waals surface area (Å²) in [6, 6.07) is 3.60. The van der Waals surface area contributed by atoms with Gasteiger partial charge < -0.3 is 18.9 Å². The van der Waals surface area contributed by atoms with Gasteiger partial charge >= 0.3 is 0 Å². The normalized spacial score (nSPS) is 16.6. The maximum atomic E-state index is 15.8. The van der Waals surface area contributed by atoms with Crippen molar-refractivity contribution >= 4 is 34.3 Å². The third-order valence-corrected chi connectivity index (χ3v) is 9.68. The van der Waals surface area contributed by atoms with E-state index in [4.69, 9.17) is 23.8 Å². The van der Waals surface area contributed by atoms with Crippen molar-refractivity contribution in [2.24, 2.45) is 7.05 Å². The molecule has 10 nitrogen and oxygen atoms in total. The molecule has 0 unspecified atom stereocenters. The zero-order chi connectivity index (χ0) is 33.1. The lowest BCUT2D eigenvalue weighted by molar-refractivity contribution is -0.138. The summed E-state index contributed by atoms with van der Waals surface area (Å²) in [5, 5.41) is 6.00. The van der Waals surface area contributed by atoms with Gasteiger partial charge in [0, 0.05) is 75.1 Å². The average molecular weight is 650 g/mol. The number of piperazine rings is 1. The van der Waals surface area contributed by atoms with Crippen LogP contribution in [0.15, 0.2) is 12.1 Å². The molecule has 1 atom stereocenters. The quantitative estimate of drug-likeness (QED) is 0.243. The lowest BCUT2D eigenvalue weighted by atomic mass is 9.86. The van der Waals surface area contributed by atoms with Crippen molar-refractivity contribution in [2.75, 3.05) is 51.8 Å². The minimum Gasteiger partial charge on any atom is -0.490 e. The molecule has 4 aromatic rings. The summed E-state index contributed by atoms with van der Waals surface area (Å²) in [5.41, 5.74) is 5.54. The molecule has 0 aliphatic carbocycles. The maximum absolute atomic E-state index is 15.8. The van der Waals surface area contributed by atoms with Gasteiger partial charge in [-0.2, -0.15) is 9.36 Å². The van der Waals surface area contributed by atoms with Crippen molar-refractivity contribution in [1.82, 2.24) is 28.9 Å². The smallest absolute Gasteiger partial charge is 0.237 e. The number of Topliss-reactive ketones (excluding diaryl/α,β-unsaturated/α-hetero) is 1. The summed E-state index contributed by atoms with van der Waals surface area (Å²) in [6.07, 6.45) is 0.648. The highest BCUT2D eigenvalue weighted by molar-refractivity contribution is 7.09. The summed E-state index contributed by atoms with van der Waals surface area (Å²) >= 11 is 1.36. The minimum absolute atomic E-state index is 0.140. The first-order chi connectivity index (χ1) is 21.7. The van der Waals surface area contributed by atoms with Crippen molar-refractivity contribution < 1.29 is 18.7 Å². The molecule has 2 aliphatic rings. The van der Waals surface area contributed by atoms with Crippen LogP contribution in [0.2, 0.25) is 0 Å². The van der Waals surface area contributed by atoms with Gasteiger partial charge in [-0.05, 0) is 89.2 Å². The number of pyridine rings is 1. The van der Waals surface area contributed by atoms with Gasteiger partial charge in [-0.1, -0.05) is 0 Å². The second kappa shape index (κ2) is 12.3. The lowest BCUT2D eigenvalue weighted by Crippen LogP contribution is -2.51. The van der Waals surface area contributed by atoms with Gasteiger partial charge in [0.05, 0.1) is 17.9 Å². The van der Waals surface area contributed by atoms with E-state index in [-0.39, 0.29) is 5.78 Å². The van der Waals surface area contributed by atoms with E-state index in [0.717, 1.165) is 83.4 Å². The number of ether oxygens (including phenoxy) is 2. The Morgan fingerprint density at radius 1 is 1.13 bits per heavy atom. The number of aromatic nitrogens is 4. The van der Waals surface area contributed by atoms with Gasteiger partial charge in [-0.3, -0.25) is 4.79 Å². The molecule has 0 amide bonds. The van der Waals surface area contributed by atoms with E-state index in [1.165, 1.54) is 18.5 Å². The van der Waals surface area contributed by atoms with E-state index < -0.39 is 17.5 Å². The monoisotopic (exact) mass is 649 g/mol. The Bertz CT molecular complexity index is 1800. The number of hydrogen-bond acceptors (Lipinski definition) is 10. The Hall–Kier alpha value is -3.45. The van der Waals surface area contributed by atoms with Gasteiger partial charge in [-0.15, -0.1) is 0 Å². The van der Waals surface area contributed by atoms with Crippen LogP contribution in [0.25, 0.3) is 32.9 Å².